The largest absolute Gasteiger partial charge is 0.394 e. The van der Waals surface area contributed by atoms with Gasteiger partial charge in [-0.25, -0.2) is 13.2 Å². The molecule has 3 fully saturated rings. The van der Waals surface area contributed by atoms with Gasteiger partial charge in [-0.2, -0.15) is 4.31 Å². The summed E-state index contributed by atoms with van der Waals surface area (Å²) in [6.45, 7) is 1.74. The molecule has 12 nitrogen and oxygen atoms in total. The molecule has 1 saturated heterocycles. The first kappa shape index (κ1) is 43.0. The first-order chi connectivity index (χ1) is 28.5. The molecule has 0 atom stereocenters. The highest BCUT2D eigenvalue weighted by Gasteiger charge is 2.44. The van der Waals surface area contributed by atoms with Crippen molar-refractivity contribution in [1.82, 2.24) is 4.31 Å². The topological polar surface area (TPSA) is 151 Å². The average Bonchev–Trinajstić information content (AvgIpc) is 4.11. The molecule has 59 heavy (non-hydrogen) atoms. The molecular weight excluding hydrogens is 998 g/mol. The third kappa shape index (κ3) is 10.6. The summed E-state index contributed by atoms with van der Waals surface area (Å²) in [6.07, 6.45) is 8.56. The van der Waals surface area contributed by atoms with E-state index in [0.717, 1.165) is 74.8 Å². The number of halogens is 2. The lowest BCUT2D eigenvalue weighted by Gasteiger charge is -2.35. The Morgan fingerprint density at radius 2 is 1.31 bits per heavy atom. The van der Waals surface area contributed by atoms with Gasteiger partial charge in [-0.05, 0) is 142 Å². The van der Waals surface area contributed by atoms with Gasteiger partial charge in [0.1, 0.15) is 0 Å². The van der Waals surface area contributed by atoms with Gasteiger partial charge in [0.15, 0.2) is 46.0 Å². The van der Waals surface area contributed by atoms with E-state index in [0.29, 0.717) is 42.6 Å². The van der Waals surface area contributed by atoms with E-state index >= 15 is 0 Å². The number of amides is 2. The third-order valence-electron chi connectivity index (χ3n) is 11.4. The van der Waals surface area contributed by atoms with E-state index in [4.69, 9.17) is 6.13 Å². The van der Waals surface area contributed by atoms with Crippen LogP contribution < -0.4 is 15.5 Å². The Labute approximate surface area is 373 Å². The predicted octanol–water partition coefficient (Wildman–Crippen LogP) is 9.08. The molecule has 0 unspecified atom stereocenters. The zero-order valence-electron chi connectivity index (χ0n) is 32.4. The number of rotatable bonds is 14. The highest BCUT2D eigenvalue weighted by Crippen LogP contribution is 2.40. The van der Waals surface area contributed by atoms with Gasteiger partial charge in [0.25, 0.3) is 11.8 Å². The van der Waals surface area contributed by atoms with E-state index in [1.807, 2.05) is 42.5 Å². The van der Waals surface area contributed by atoms with Crippen LogP contribution in [0.15, 0.2) is 95.9 Å². The van der Waals surface area contributed by atoms with Crippen LogP contribution in [0.5, 0.6) is 0 Å². The smallest absolute Gasteiger partial charge is 0.347 e. The Bertz CT molecular complexity index is 2270. The zero-order chi connectivity index (χ0) is 41.5. The zero-order valence-corrected chi connectivity index (χ0v) is 37.5. The summed E-state index contributed by atoms with van der Waals surface area (Å²) in [4.78, 5) is 54.1. The van der Waals surface area contributed by atoms with Crippen molar-refractivity contribution in [3.05, 3.63) is 119 Å². The fourth-order valence-electron chi connectivity index (χ4n) is 8.03. The van der Waals surface area contributed by atoms with Crippen LogP contribution >= 0.6 is 46.0 Å². The molecule has 310 valence electrons. The van der Waals surface area contributed by atoms with E-state index in [1.54, 1.807) is 86.7 Å². The number of aryl methyl sites for hydroxylation is 2. The molecule has 4 aromatic carbocycles. The maximum absolute atomic E-state index is 14.2. The summed E-state index contributed by atoms with van der Waals surface area (Å²) >= 11 is 3.17. The standard InChI is InChI=1S/C44H46I2N4O8S/c45-57-43(53)31-13-9-29(10-14-31)7-8-30-11-17-34(18-12-30)47-42(52)39-28-37(49-25-2-1-3-26-49)23-24-40(39)48-41(51)33-5-4-6-38(27-33)59(55,56)50(36-21-22-36)35-19-15-32(16-20-35)44(54)58-46/h4-6,9-14,17-18,23-24,27-28,32,35-36H,1-3,7-8,15-16,19-22,25-26H2,(H,47,52)(H,48,51). The van der Waals surface area contributed by atoms with E-state index in [2.05, 4.69) is 15.5 Å². The normalized spacial score (nSPS) is 18.2. The maximum atomic E-state index is 14.2. The SMILES string of the molecule is O=C(Nc1ccc(N2CCCCC2)cc1C(=O)Nc1ccc(CCc2ccc(C(=O)OI)cc2)cc1)c1cccc(S(=O)(=O)N(C2CCC(C(=O)OI)CC2)C2CC2)c1. The van der Waals surface area contributed by atoms with Crippen molar-refractivity contribution in [3.63, 3.8) is 0 Å². The minimum atomic E-state index is -3.96. The van der Waals surface area contributed by atoms with Gasteiger partial charge in [-0.1, -0.05) is 30.3 Å². The molecule has 3 aliphatic rings. The van der Waals surface area contributed by atoms with Gasteiger partial charge < -0.3 is 21.7 Å². The minimum Gasteiger partial charge on any atom is -0.394 e. The number of nitrogens with zero attached hydrogens (tertiary/aromatic N) is 2. The number of carbonyl (C=O) groups excluding carboxylic acids is 4. The molecule has 1 heterocycles. The summed E-state index contributed by atoms with van der Waals surface area (Å²) in [5, 5.41) is 5.91. The molecule has 7 rings (SSSR count). The van der Waals surface area contributed by atoms with Crippen molar-refractivity contribution in [2.24, 2.45) is 5.92 Å². The molecular formula is C44H46I2N4O8S. The van der Waals surface area contributed by atoms with E-state index in [9.17, 15) is 27.6 Å². The molecule has 0 radical (unpaired) electrons. The van der Waals surface area contributed by atoms with Crippen molar-refractivity contribution in [3.8, 4) is 0 Å². The van der Waals surface area contributed by atoms with Crippen LogP contribution in [0.2, 0.25) is 0 Å². The molecule has 0 spiro atoms. The lowest BCUT2D eigenvalue weighted by Crippen LogP contribution is -2.44. The Morgan fingerprint density at radius 3 is 1.92 bits per heavy atom. The van der Waals surface area contributed by atoms with Crippen LogP contribution in [0.3, 0.4) is 0 Å². The van der Waals surface area contributed by atoms with Crippen LogP contribution in [0.25, 0.3) is 0 Å². The molecule has 2 aliphatic carbocycles. The van der Waals surface area contributed by atoms with Crippen molar-refractivity contribution in [2.75, 3.05) is 28.6 Å². The first-order valence-corrected chi connectivity index (χ1v) is 23.2. The molecule has 0 aromatic heterocycles. The highest BCUT2D eigenvalue weighted by atomic mass is 127. The molecule has 2 N–H and O–H groups in total. The molecule has 1 aliphatic heterocycles. The number of benzene rings is 4. The van der Waals surface area contributed by atoms with Crippen LogP contribution in [0.4, 0.5) is 17.1 Å². The Balaban J connectivity index is 1.06. The summed E-state index contributed by atoms with van der Waals surface area (Å²) in [5.41, 5.74) is 4.87. The fourth-order valence-corrected chi connectivity index (χ4v) is 10.6. The van der Waals surface area contributed by atoms with Gasteiger partial charge in [-0.15, -0.1) is 0 Å². The summed E-state index contributed by atoms with van der Waals surface area (Å²) in [6, 6.07) is 26.1. The van der Waals surface area contributed by atoms with Crippen LogP contribution in [-0.4, -0.2) is 61.6 Å². The molecule has 2 saturated carbocycles. The Morgan fingerprint density at radius 1 is 0.678 bits per heavy atom. The summed E-state index contributed by atoms with van der Waals surface area (Å²) in [7, 11) is -3.96. The van der Waals surface area contributed by atoms with E-state index in [-0.39, 0.29) is 46.0 Å². The number of anilines is 3. The lowest BCUT2D eigenvalue weighted by atomic mass is 9.86. The Hall–Kier alpha value is -4.07. The van der Waals surface area contributed by atoms with Gasteiger partial charge >= 0.3 is 11.9 Å². The van der Waals surface area contributed by atoms with Gasteiger partial charge in [-0.3, -0.25) is 14.4 Å². The quantitative estimate of drug-likeness (QED) is 0.118. The molecule has 2 amide bonds. The Kier molecular flexibility index (Phi) is 14.3. The second-order valence-electron chi connectivity index (χ2n) is 15.4. The van der Waals surface area contributed by atoms with Crippen LogP contribution in [0, 0.1) is 5.92 Å². The van der Waals surface area contributed by atoms with Gasteiger partial charge in [0.2, 0.25) is 10.0 Å². The maximum Gasteiger partial charge on any atom is 0.347 e. The second kappa shape index (κ2) is 19.5. The van der Waals surface area contributed by atoms with Crippen molar-refractivity contribution < 1.29 is 33.7 Å². The molecule has 4 aromatic rings. The van der Waals surface area contributed by atoms with Crippen molar-refractivity contribution >= 4 is 96.9 Å². The summed E-state index contributed by atoms with van der Waals surface area (Å²) < 4.78 is 39.7. The fraction of sp³-hybridized carbons (Fsp3) is 0.364. The molecule has 0 bridgehead atoms. The number of sulfonamides is 1. The molecule has 15 heteroatoms. The van der Waals surface area contributed by atoms with Crippen molar-refractivity contribution in [2.45, 2.75) is 87.6 Å². The first-order valence-electron chi connectivity index (χ1n) is 20.0. The number of piperidine rings is 1. The van der Waals surface area contributed by atoms with E-state index in [1.165, 1.54) is 12.1 Å². The number of carbonyl (C=O) groups is 4. The van der Waals surface area contributed by atoms with Crippen LogP contribution in [-0.2, 0) is 33.8 Å². The monoisotopic (exact) mass is 1040 g/mol. The van der Waals surface area contributed by atoms with Crippen molar-refractivity contribution in [1.29, 1.82) is 0 Å². The highest BCUT2D eigenvalue weighted by molar-refractivity contribution is 14.1. The third-order valence-corrected chi connectivity index (χ3v) is 14.3. The number of nitrogens with one attached hydrogen (secondary N) is 2. The average molecular weight is 1040 g/mol. The minimum absolute atomic E-state index is 0.0314. The van der Waals surface area contributed by atoms with Gasteiger partial charge in [0.05, 0.1) is 27.6 Å². The van der Waals surface area contributed by atoms with E-state index < -0.39 is 21.8 Å². The summed E-state index contributed by atoms with van der Waals surface area (Å²) in [5.74, 6) is -1.82. The number of hydrogen-bond donors (Lipinski definition) is 2. The lowest BCUT2D eigenvalue weighted by molar-refractivity contribution is -0.137. The second-order valence-corrected chi connectivity index (χ2v) is 18.2. The number of hydrogen-bond acceptors (Lipinski definition) is 9. The predicted molar refractivity (Wildman–Crippen MR) is 242 cm³/mol. The van der Waals surface area contributed by atoms with Gasteiger partial charge in [0, 0.05) is 42.1 Å². The van der Waals surface area contributed by atoms with Crippen LogP contribution in [0.1, 0.15) is 100.0 Å².